The first-order valence-corrected chi connectivity index (χ1v) is 10.9. The normalized spacial score (nSPS) is 57.7. The van der Waals surface area contributed by atoms with Crippen molar-refractivity contribution in [1.29, 1.82) is 0 Å². The number of rotatable bonds is 0. The quantitative estimate of drug-likeness (QED) is 0.661. The molecule has 1 aliphatic heterocycles. The fourth-order valence-corrected chi connectivity index (χ4v) is 8.59. The first-order valence-electron chi connectivity index (χ1n) is 10.9. The molecule has 3 nitrogen and oxygen atoms in total. The van der Waals surface area contributed by atoms with Gasteiger partial charge < -0.3 is 10.5 Å². The van der Waals surface area contributed by atoms with Crippen molar-refractivity contribution in [1.82, 2.24) is 0 Å². The van der Waals surface area contributed by atoms with Gasteiger partial charge >= 0.3 is 5.97 Å². The van der Waals surface area contributed by atoms with Crippen molar-refractivity contribution in [3.8, 4) is 0 Å². The summed E-state index contributed by atoms with van der Waals surface area (Å²) in [5.74, 6) is 3.41. The van der Waals surface area contributed by atoms with Crippen LogP contribution in [0.5, 0.6) is 0 Å². The highest BCUT2D eigenvalue weighted by molar-refractivity contribution is 5.72. The van der Waals surface area contributed by atoms with Crippen molar-refractivity contribution in [3.05, 3.63) is 0 Å². The number of carbonyl (C=O) groups excluding carboxylic acids is 1. The predicted octanol–water partition coefficient (Wildman–Crippen LogP) is 4.43. The molecule has 0 radical (unpaired) electrons. The topological polar surface area (TPSA) is 52.3 Å². The summed E-state index contributed by atoms with van der Waals surface area (Å²) in [7, 11) is 0. The van der Waals surface area contributed by atoms with Gasteiger partial charge in [0, 0.05) is 17.9 Å². The van der Waals surface area contributed by atoms with Crippen molar-refractivity contribution in [2.75, 3.05) is 0 Å². The van der Waals surface area contributed by atoms with Crippen molar-refractivity contribution >= 4 is 5.97 Å². The molecule has 0 bridgehead atoms. The van der Waals surface area contributed by atoms with Gasteiger partial charge in [-0.25, -0.2) is 0 Å². The summed E-state index contributed by atoms with van der Waals surface area (Å²) in [6.07, 6.45) is 13.2. The van der Waals surface area contributed by atoms with E-state index in [4.69, 9.17) is 10.5 Å². The second-order valence-electron chi connectivity index (χ2n) is 10.7. The maximum atomic E-state index is 11.9. The van der Waals surface area contributed by atoms with E-state index in [1.807, 2.05) is 0 Å². The van der Waals surface area contributed by atoms with Crippen LogP contribution in [0.25, 0.3) is 0 Å². The Kier molecular flexibility index (Phi) is 3.48. The summed E-state index contributed by atoms with van der Waals surface area (Å²) in [4.78, 5) is 11.9. The molecular weight excluding hydrogens is 310 g/mol. The highest BCUT2D eigenvalue weighted by atomic mass is 16.6. The SMILES string of the molecule is C[C@]12CC[C@H](N)C[C@H]1CC[C@@H]1[C@@H]2CC[C@@]2(C)[C@H]1CC[C@@]21CCC(=O)O1. The number of carbonyl (C=O) groups is 1. The molecule has 5 aliphatic rings. The molecule has 25 heavy (non-hydrogen) atoms. The summed E-state index contributed by atoms with van der Waals surface area (Å²) in [5.41, 5.74) is 6.95. The number of hydrogen-bond acceptors (Lipinski definition) is 3. The summed E-state index contributed by atoms with van der Waals surface area (Å²) < 4.78 is 6.05. The zero-order valence-electron chi connectivity index (χ0n) is 16.1. The number of hydrogen-bond donors (Lipinski definition) is 1. The Labute approximate surface area is 152 Å². The minimum Gasteiger partial charge on any atom is -0.458 e. The van der Waals surface area contributed by atoms with Crippen LogP contribution in [0.4, 0.5) is 0 Å². The minimum atomic E-state index is -0.119. The molecule has 0 aromatic rings. The molecule has 3 heteroatoms. The van der Waals surface area contributed by atoms with Crippen molar-refractivity contribution in [3.63, 3.8) is 0 Å². The lowest BCUT2D eigenvalue weighted by Gasteiger charge is -2.61. The van der Waals surface area contributed by atoms with Gasteiger partial charge in [-0.3, -0.25) is 4.79 Å². The number of nitrogens with two attached hydrogens (primary N) is 1. The van der Waals surface area contributed by atoms with Crippen molar-refractivity contribution in [2.24, 2.45) is 40.2 Å². The Morgan fingerprint density at radius 1 is 0.960 bits per heavy atom. The average molecular weight is 346 g/mol. The maximum absolute atomic E-state index is 11.9. The Hall–Kier alpha value is -0.570. The second-order valence-corrected chi connectivity index (χ2v) is 10.7. The summed E-state index contributed by atoms with van der Waals surface area (Å²) in [5, 5.41) is 0. The fraction of sp³-hybridized carbons (Fsp3) is 0.955. The number of esters is 1. The van der Waals surface area contributed by atoms with Gasteiger partial charge in [-0.05, 0) is 93.3 Å². The Bertz CT molecular complexity index is 591. The van der Waals surface area contributed by atoms with E-state index in [9.17, 15) is 4.79 Å². The van der Waals surface area contributed by atoms with Crippen molar-refractivity contribution < 1.29 is 9.53 Å². The molecule has 0 aromatic heterocycles. The van der Waals surface area contributed by atoms with Crippen LogP contribution in [0.15, 0.2) is 0 Å². The largest absolute Gasteiger partial charge is 0.458 e. The van der Waals surface area contributed by atoms with Crippen LogP contribution in [0, 0.1) is 34.5 Å². The molecule has 1 spiro atoms. The van der Waals surface area contributed by atoms with Crippen LogP contribution >= 0.6 is 0 Å². The van der Waals surface area contributed by atoms with Crippen molar-refractivity contribution in [2.45, 2.75) is 96.1 Å². The number of ether oxygens (including phenoxy) is 1. The van der Waals surface area contributed by atoms with Gasteiger partial charge in [-0.15, -0.1) is 0 Å². The number of fused-ring (bicyclic) bond motifs is 6. The first-order chi connectivity index (χ1) is 11.9. The summed E-state index contributed by atoms with van der Waals surface area (Å²) in [6.45, 7) is 5.08. The van der Waals surface area contributed by atoms with E-state index in [1.54, 1.807) is 0 Å². The van der Waals surface area contributed by atoms with E-state index < -0.39 is 0 Å². The molecule has 8 atom stereocenters. The lowest BCUT2D eigenvalue weighted by Crippen LogP contribution is -2.57. The zero-order valence-corrected chi connectivity index (χ0v) is 16.1. The molecular formula is C22H35NO2. The molecule has 5 fully saturated rings. The van der Waals surface area contributed by atoms with E-state index in [2.05, 4.69) is 13.8 Å². The first kappa shape index (κ1) is 16.6. The zero-order chi connectivity index (χ0) is 17.4. The molecule has 4 aliphatic carbocycles. The van der Waals surface area contributed by atoms with Crippen LogP contribution in [-0.4, -0.2) is 17.6 Å². The second kappa shape index (κ2) is 5.24. The Balaban J connectivity index is 1.45. The Morgan fingerprint density at radius 2 is 1.76 bits per heavy atom. The smallest absolute Gasteiger partial charge is 0.306 e. The van der Waals surface area contributed by atoms with Crippen LogP contribution in [-0.2, 0) is 9.53 Å². The monoisotopic (exact) mass is 345 g/mol. The minimum absolute atomic E-state index is 0.0564. The summed E-state index contributed by atoms with van der Waals surface area (Å²) in [6, 6.07) is 0.441. The average Bonchev–Trinajstić information content (AvgIpc) is 3.10. The van der Waals surface area contributed by atoms with Gasteiger partial charge in [0.05, 0.1) is 0 Å². The molecule has 0 amide bonds. The third-order valence-corrected chi connectivity index (χ3v) is 10.0. The van der Waals surface area contributed by atoms with Gasteiger partial charge in [0.25, 0.3) is 0 Å². The van der Waals surface area contributed by atoms with E-state index >= 15 is 0 Å². The van der Waals surface area contributed by atoms with Gasteiger partial charge in [-0.1, -0.05) is 13.8 Å². The van der Waals surface area contributed by atoms with E-state index in [-0.39, 0.29) is 17.0 Å². The highest BCUT2D eigenvalue weighted by Crippen LogP contribution is 2.70. The molecule has 4 saturated carbocycles. The molecule has 2 N–H and O–H groups in total. The molecule has 1 heterocycles. The Morgan fingerprint density at radius 3 is 2.52 bits per heavy atom. The third kappa shape index (κ3) is 2.05. The van der Waals surface area contributed by atoms with Gasteiger partial charge in [0.1, 0.15) is 5.60 Å². The van der Waals surface area contributed by atoms with E-state index in [0.717, 1.165) is 36.5 Å². The standard InChI is InChI=1S/C22H35NO2/c1-20-9-5-15(23)13-14(20)3-4-16-17(20)6-10-21(2)18(16)7-11-22(21)12-8-19(24)25-22/h14-18H,3-13,23H2,1-2H3/t14-,15+,16-,17+,18+,20+,21+,22-/m1/s1. The molecule has 0 aromatic carbocycles. The lowest BCUT2D eigenvalue weighted by molar-refractivity contribution is -0.174. The lowest BCUT2D eigenvalue weighted by atomic mass is 9.44. The van der Waals surface area contributed by atoms with Crippen LogP contribution in [0.3, 0.4) is 0 Å². The van der Waals surface area contributed by atoms with Gasteiger partial charge in [-0.2, -0.15) is 0 Å². The van der Waals surface area contributed by atoms with E-state index in [1.165, 1.54) is 51.4 Å². The van der Waals surface area contributed by atoms with Crippen LogP contribution < -0.4 is 5.73 Å². The third-order valence-electron chi connectivity index (χ3n) is 10.0. The molecule has 140 valence electrons. The van der Waals surface area contributed by atoms with Gasteiger partial charge in [0.2, 0.25) is 0 Å². The maximum Gasteiger partial charge on any atom is 0.306 e. The van der Waals surface area contributed by atoms with Crippen LogP contribution in [0.1, 0.15) is 84.5 Å². The molecule has 1 saturated heterocycles. The van der Waals surface area contributed by atoms with Gasteiger partial charge in [0.15, 0.2) is 0 Å². The van der Waals surface area contributed by atoms with Crippen LogP contribution in [0.2, 0.25) is 0 Å². The predicted molar refractivity (Wildman–Crippen MR) is 97.8 cm³/mol. The molecule has 5 rings (SSSR count). The molecule has 0 unspecified atom stereocenters. The summed E-state index contributed by atoms with van der Waals surface area (Å²) >= 11 is 0. The highest BCUT2D eigenvalue weighted by Gasteiger charge is 2.67. The fourth-order valence-electron chi connectivity index (χ4n) is 8.59. The van der Waals surface area contributed by atoms with E-state index in [0.29, 0.717) is 17.9 Å².